The molecule has 0 amide bonds. The predicted molar refractivity (Wildman–Crippen MR) is 56.0 cm³/mol. The van der Waals surface area contributed by atoms with Crippen molar-refractivity contribution in [2.45, 2.75) is 18.9 Å². The molecule has 1 N–H and O–H groups in total. The molecule has 0 radical (unpaired) electrons. The summed E-state index contributed by atoms with van der Waals surface area (Å²) in [6, 6.07) is 0. The van der Waals surface area contributed by atoms with Crippen molar-refractivity contribution in [2.24, 2.45) is 0 Å². The molecular weight excluding hydrogens is 251 g/mol. The van der Waals surface area contributed by atoms with Gasteiger partial charge in [-0.1, -0.05) is 0 Å². The summed E-state index contributed by atoms with van der Waals surface area (Å²) in [5, 5.41) is 8.80. The van der Waals surface area contributed by atoms with Gasteiger partial charge < -0.3 is 14.7 Å². The van der Waals surface area contributed by atoms with Gasteiger partial charge in [0, 0.05) is 6.54 Å². The molecule has 18 heavy (non-hydrogen) atoms. The Hall–Kier alpha value is -1.41. The average Bonchev–Trinajstić information content (AvgIpc) is 2.38. The maximum Gasteiger partial charge on any atom is 0.416 e. The van der Waals surface area contributed by atoms with Crippen LogP contribution in [0.1, 0.15) is 5.69 Å². The van der Waals surface area contributed by atoms with Gasteiger partial charge in [-0.2, -0.15) is 13.2 Å². The highest BCUT2D eigenvalue weighted by molar-refractivity contribution is 5.36. The Morgan fingerprint density at radius 1 is 1.39 bits per heavy atom. The Kier molecular flexibility index (Phi) is 3.67. The molecule has 8 heteroatoms. The van der Waals surface area contributed by atoms with E-state index in [1.165, 1.54) is 17.3 Å². The molecule has 1 aliphatic heterocycles. The second kappa shape index (κ2) is 5.07. The van der Waals surface area contributed by atoms with Crippen molar-refractivity contribution in [2.75, 3.05) is 24.6 Å². The number of rotatable bonds is 2. The summed E-state index contributed by atoms with van der Waals surface area (Å²) in [7, 11) is 0. The van der Waals surface area contributed by atoms with Crippen molar-refractivity contribution >= 4 is 5.82 Å². The van der Waals surface area contributed by atoms with Gasteiger partial charge in [-0.3, -0.25) is 4.98 Å². The second-order valence-corrected chi connectivity index (χ2v) is 3.87. The zero-order chi connectivity index (χ0) is 13.2. The lowest BCUT2D eigenvalue weighted by Crippen LogP contribution is -2.49. The molecule has 2 rings (SSSR count). The van der Waals surface area contributed by atoms with Gasteiger partial charge >= 0.3 is 6.18 Å². The van der Waals surface area contributed by atoms with E-state index in [4.69, 9.17) is 5.11 Å². The standard InChI is InChI=1S/C10H12F3N3O2/c11-10(12,13)8-5-16(1-2-18-8)9-4-14-7(6-17)3-15-9/h3-4,8,17H,1-2,5-6H2. The minimum Gasteiger partial charge on any atom is -0.390 e. The fourth-order valence-electron chi connectivity index (χ4n) is 1.65. The first-order valence-corrected chi connectivity index (χ1v) is 5.36. The number of ether oxygens (including phenoxy) is 1. The highest BCUT2D eigenvalue weighted by atomic mass is 19.4. The third-order valence-corrected chi connectivity index (χ3v) is 2.61. The smallest absolute Gasteiger partial charge is 0.390 e. The number of hydrogen-bond donors (Lipinski definition) is 1. The first-order chi connectivity index (χ1) is 8.50. The van der Waals surface area contributed by atoms with Crippen molar-refractivity contribution in [3.63, 3.8) is 0 Å². The van der Waals surface area contributed by atoms with Gasteiger partial charge in [0.1, 0.15) is 5.82 Å². The lowest BCUT2D eigenvalue weighted by molar-refractivity contribution is -0.221. The number of aliphatic hydroxyl groups is 1. The van der Waals surface area contributed by atoms with Crippen molar-refractivity contribution in [3.8, 4) is 0 Å². The minimum atomic E-state index is -4.38. The molecule has 1 unspecified atom stereocenters. The van der Waals surface area contributed by atoms with Gasteiger partial charge in [0.25, 0.3) is 0 Å². The molecule has 2 heterocycles. The van der Waals surface area contributed by atoms with Gasteiger partial charge in [-0.25, -0.2) is 4.98 Å². The Labute approximate surface area is 101 Å². The van der Waals surface area contributed by atoms with Crippen molar-refractivity contribution in [3.05, 3.63) is 18.1 Å². The van der Waals surface area contributed by atoms with E-state index >= 15 is 0 Å². The number of anilines is 1. The Balaban J connectivity index is 2.08. The zero-order valence-electron chi connectivity index (χ0n) is 9.39. The summed E-state index contributed by atoms with van der Waals surface area (Å²) < 4.78 is 42.3. The van der Waals surface area contributed by atoms with E-state index in [0.29, 0.717) is 18.1 Å². The van der Waals surface area contributed by atoms with Crippen LogP contribution in [-0.2, 0) is 11.3 Å². The minimum absolute atomic E-state index is 0.00634. The van der Waals surface area contributed by atoms with Crippen molar-refractivity contribution in [1.29, 1.82) is 0 Å². The SMILES string of the molecule is OCc1cnc(N2CCOC(C(F)(F)F)C2)cn1. The van der Waals surface area contributed by atoms with Crippen molar-refractivity contribution < 1.29 is 23.0 Å². The van der Waals surface area contributed by atoms with Crippen LogP contribution in [0, 0.1) is 0 Å². The highest BCUT2D eigenvalue weighted by Crippen LogP contribution is 2.27. The highest BCUT2D eigenvalue weighted by Gasteiger charge is 2.43. The number of nitrogens with zero attached hydrogens (tertiary/aromatic N) is 3. The van der Waals surface area contributed by atoms with Gasteiger partial charge in [-0.05, 0) is 0 Å². The van der Waals surface area contributed by atoms with E-state index < -0.39 is 12.3 Å². The summed E-state index contributed by atoms with van der Waals surface area (Å²) in [6.07, 6.45) is -3.49. The molecule has 1 aromatic rings. The lowest BCUT2D eigenvalue weighted by atomic mass is 10.2. The van der Waals surface area contributed by atoms with E-state index in [0.717, 1.165) is 0 Å². The van der Waals surface area contributed by atoms with Crippen LogP contribution in [0.3, 0.4) is 0 Å². The average molecular weight is 263 g/mol. The molecule has 100 valence electrons. The number of halogens is 3. The molecule has 1 aliphatic rings. The quantitative estimate of drug-likeness (QED) is 0.852. The molecule has 0 aliphatic carbocycles. The van der Waals surface area contributed by atoms with Crippen LogP contribution in [-0.4, -0.2) is 47.1 Å². The van der Waals surface area contributed by atoms with Crippen LogP contribution < -0.4 is 4.90 Å². The van der Waals surface area contributed by atoms with E-state index in [-0.39, 0.29) is 19.8 Å². The fraction of sp³-hybridized carbons (Fsp3) is 0.600. The maximum atomic E-state index is 12.5. The molecule has 0 saturated carbocycles. The van der Waals surface area contributed by atoms with Crippen LogP contribution in [0.15, 0.2) is 12.4 Å². The number of morpholine rings is 1. The molecule has 1 fully saturated rings. The molecular formula is C10H12F3N3O2. The first-order valence-electron chi connectivity index (χ1n) is 5.36. The monoisotopic (exact) mass is 263 g/mol. The number of aliphatic hydroxyl groups excluding tert-OH is 1. The van der Waals surface area contributed by atoms with Crippen LogP contribution in [0.25, 0.3) is 0 Å². The van der Waals surface area contributed by atoms with E-state index in [9.17, 15) is 13.2 Å². The molecule has 0 spiro atoms. The first kappa shape index (κ1) is 13.0. The largest absolute Gasteiger partial charge is 0.416 e. The van der Waals surface area contributed by atoms with Gasteiger partial charge in [0.05, 0.1) is 37.8 Å². The zero-order valence-corrected chi connectivity index (χ0v) is 9.39. The van der Waals surface area contributed by atoms with Crippen LogP contribution in [0.5, 0.6) is 0 Å². The Morgan fingerprint density at radius 2 is 2.17 bits per heavy atom. The summed E-state index contributed by atoms with van der Waals surface area (Å²) in [4.78, 5) is 9.32. The topological polar surface area (TPSA) is 58.5 Å². The van der Waals surface area contributed by atoms with Gasteiger partial charge in [0.15, 0.2) is 6.10 Å². The fourth-order valence-corrected chi connectivity index (χ4v) is 1.65. The van der Waals surface area contributed by atoms with Crippen LogP contribution >= 0.6 is 0 Å². The Morgan fingerprint density at radius 3 is 2.72 bits per heavy atom. The Bertz CT molecular complexity index is 396. The molecule has 1 aromatic heterocycles. The number of alkyl halides is 3. The molecule has 0 bridgehead atoms. The van der Waals surface area contributed by atoms with Crippen LogP contribution in [0.4, 0.5) is 19.0 Å². The predicted octanol–water partition coefficient (Wildman–Crippen LogP) is 0.736. The molecule has 5 nitrogen and oxygen atoms in total. The third-order valence-electron chi connectivity index (χ3n) is 2.61. The van der Waals surface area contributed by atoms with Gasteiger partial charge in [-0.15, -0.1) is 0 Å². The summed E-state index contributed by atoms with van der Waals surface area (Å²) >= 11 is 0. The normalized spacial score (nSPS) is 21.1. The third kappa shape index (κ3) is 2.88. The van der Waals surface area contributed by atoms with E-state index in [1.807, 2.05) is 0 Å². The van der Waals surface area contributed by atoms with E-state index in [2.05, 4.69) is 14.7 Å². The summed E-state index contributed by atoms with van der Waals surface area (Å²) in [6.45, 7) is -0.217. The molecule has 1 saturated heterocycles. The van der Waals surface area contributed by atoms with Gasteiger partial charge in [0.2, 0.25) is 0 Å². The van der Waals surface area contributed by atoms with E-state index in [1.54, 1.807) is 0 Å². The van der Waals surface area contributed by atoms with Crippen molar-refractivity contribution in [1.82, 2.24) is 9.97 Å². The number of aromatic nitrogens is 2. The molecule has 1 atom stereocenters. The second-order valence-electron chi connectivity index (χ2n) is 3.87. The molecule has 0 aromatic carbocycles. The number of hydrogen-bond acceptors (Lipinski definition) is 5. The summed E-state index contributed by atoms with van der Waals surface area (Å²) in [5.41, 5.74) is 0.374. The van der Waals surface area contributed by atoms with Crippen LogP contribution in [0.2, 0.25) is 0 Å². The summed E-state index contributed by atoms with van der Waals surface area (Å²) in [5.74, 6) is 0.352. The maximum absolute atomic E-state index is 12.5. The lowest BCUT2D eigenvalue weighted by Gasteiger charge is -2.34.